The first-order valence-electron chi connectivity index (χ1n) is 11.4. The van der Waals surface area contributed by atoms with Gasteiger partial charge in [0.1, 0.15) is 0 Å². The maximum absolute atomic E-state index is 13.5. The van der Waals surface area contributed by atoms with Crippen molar-refractivity contribution < 1.29 is 9.59 Å². The van der Waals surface area contributed by atoms with Crippen LogP contribution in [-0.2, 0) is 6.54 Å². The molecule has 1 fully saturated rings. The maximum atomic E-state index is 13.5. The number of hydrogen-bond acceptors (Lipinski definition) is 3. The zero-order chi connectivity index (χ0) is 24.1. The molecule has 0 unspecified atom stereocenters. The molecule has 2 amide bonds. The Hall–Kier alpha value is -2.86. The Morgan fingerprint density at radius 2 is 1.59 bits per heavy atom. The average Bonchev–Trinajstić information content (AvgIpc) is 2.85. The SMILES string of the molecule is NC1CCC(N(Cc2cc(NC(=O)c3cccc(Cl)c3)ccc2Cl)C(=O)c2ccccc2)CC1. The molecule has 0 saturated heterocycles. The van der Waals surface area contributed by atoms with Gasteiger partial charge in [0.15, 0.2) is 0 Å². The van der Waals surface area contributed by atoms with Crippen LogP contribution in [0.2, 0.25) is 10.0 Å². The first-order valence-corrected chi connectivity index (χ1v) is 12.1. The molecule has 0 aromatic heterocycles. The van der Waals surface area contributed by atoms with Gasteiger partial charge in [0.25, 0.3) is 11.8 Å². The number of nitrogens with one attached hydrogen (secondary N) is 1. The smallest absolute Gasteiger partial charge is 0.255 e. The van der Waals surface area contributed by atoms with Gasteiger partial charge in [0, 0.05) is 45.5 Å². The van der Waals surface area contributed by atoms with Crippen molar-refractivity contribution in [1.29, 1.82) is 0 Å². The first kappa shape index (κ1) is 24.3. The van der Waals surface area contributed by atoms with Crippen LogP contribution in [0.3, 0.4) is 0 Å². The lowest BCUT2D eigenvalue weighted by Crippen LogP contribution is -2.43. The van der Waals surface area contributed by atoms with Gasteiger partial charge >= 0.3 is 0 Å². The monoisotopic (exact) mass is 495 g/mol. The summed E-state index contributed by atoms with van der Waals surface area (Å²) < 4.78 is 0. The molecule has 4 rings (SSSR count). The van der Waals surface area contributed by atoms with E-state index in [2.05, 4.69) is 5.32 Å². The molecule has 3 aromatic carbocycles. The highest BCUT2D eigenvalue weighted by molar-refractivity contribution is 6.31. The molecule has 7 heteroatoms. The van der Waals surface area contributed by atoms with E-state index in [-0.39, 0.29) is 23.9 Å². The Morgan fingerprint density at radius 1 is 0.882 bits per heavy atom. The van der Waals surface area contributed by atoms with Gasteiger partial charge < -0.3 is 16.0 Å². The van der Waals surface area contributed by atoms with E-state index in [4.69, 9.17) is 28.9 Å². The first-order chi connectivity index (χ1) is 16.4. The molecule has 3 N–H and O–H groups in total. The van der Waals surface area contributed by atoms with Gasteiger partial charge in [-0.05, 0) is 79.8 Å². The topological polar surface area (TPSA) is 75.4 Å². The van der Waals surface area contributed by atoms with E-state index in [0.29, 0.717) is 33.4 Å². The number of hydrogen-bond donors (Lipinski definition) is 2. The second kappa shape index (κ2) is 11.0. The molecular formula is C27H27Cl2N3O2. The fourth-order valence-corrected chi connectivity index (χ4v) is 4.68. The van der Waals surface area contributed by atoms with Crippen LogP contribution in [0.25, 0.3) is 0 Å². The Kier molecular flexibility index (Phi) is 7.88. The minimum Gasteiger partial charge on any atom is -0.331 e. The molecule has 0 radical (unpaired) electrons. The number of halogens is 2. The standard InChI is InChI=1S/C27H27Cl2N3O2/c28-21-8-4-7-19(15-21)26(33)31-23-11-14-25(29)20(16-23)17-32(24-12-9-22(30)10-13-24)27(34)18-5-2-1-3-6-18/h1-8,11,14-16,22,24H,9-10,12-13,17,30H2,(H,31,33). The number of amides is 2. The number of nitrogens with two attached hydrogens (primary N) is 1. The molecule has 176 valence electrons. The third-order valence-electron chi connectivity index (χ3n) is 6.19. The van der Waals surface area contributed by atoms with Gasteiger partial charge in [-0.2, -0.15) is 0 Å². The van der Waals surface area contributed by atoms with Crippen LogP contribution in [0.15, 0.2) is 72.8 Å². The van der Waals surface area contributed by atoms with Crippen LogP contribution in [0.4, 0.5) is 5.69 Å². The maximum Gasteiger partial charge on any atom is 0.255 e. The van der Waals surface area contributed by atoms with E-state index in [1.807, 2.05) is 41.3 Å². The number of carbonyl (C=O) groups is 2. The highest BCUT2D eigenvalue weighted by Gasteiger charge is 2.29. The summed E-state index contributed by atoms with van der Waals surface area (Å²) in [5.41, 5.74) is 8.58. The van der Waals surface area contributed by atoms with E-state index in [0.717, 1.165) is 31.2 Å². The lowest BCUT2D eigenvalue weighted by Gasteiger charge is -2.36. The molecule has 0 atom stereocenters. The number of rotatable bonds is 6. The second-order valence-electron chi connectivity index (χ2n) is 8.64. The molecule has 0 heterocycles. The Balaban J connectivity index is 1.58. The molecule has 5 nitrogen and oxygen atoms in total. The summed E-state index contributed by atoms with van der Waals surface area (Å²) in [6, 6.07) is 21.6. The van der Waals surface area contributed by atoms with Crippen molar-refractivity contribution in [2.75, 3.05) is 5.32 Å². The molecule has 34 heavy (non-hydrogen) atoms. The highest BCUT2D eigenvalue weighted by Crippen LogP contribution is 2.29. The summed E-state index contributed by atoms with van der Waals surface area (Å²) in [5, 5.41) is 3.93. The molecule has 0 spiro atoms. The third kappa shape index (κ3) is 5.98. The van der Waals surface area contributed by atoms with Crippen molar-refractivity contribution in [3.63, 3.8) is 0 Å². The van der Waals surface area contributed by atoms with E-state index in [1.165, 1.54) is 0 Å². The molecular weight excluding hydrogens is 469 g/mol. The van der Waals surface area contributed by atoms with E-state index in [9.17, 15) is 9.59 Å². The fourth-order valence-electron chi connectivity index (χ4n) is 4.32. The zero-order valence-corrected chi connectivity index (χ0v) is 20.2. The normalized spacial score (nSPS) is 17.7. The molecule has 1 saturated carbocycles. The number of carbonyl (C=O) groups excluding carboxylic acids is 2. The van der Waals surface area contributed by atoms with E-state index < -0.39 is 0 Å². The number of nitrogens with zero attached hydrogens (tertiary/aromatic N) is 1. The van der Waals surface area contributed by atoms with Crippen molar-refractivity contribution in [1.82, 2.24) is 4.90 Å². The minimum absolute atomic E-state index is 0.0366. The quantitative estimate of drug-likeness (QED) is 0.429. The second-order valence-corrected chi connectivity index (χ2v) is 9.48. The van der Waals surface area contributed by atoms with Crippen LogP contribution in [-0.4, -0.2) is 28.8 Å². The zero-order valence-electron chi connectivity index (χ0n) is 18.7. The predicted molar refractivity (Wildman–Crippen MR) is 137 cm³/mol. The Labute approximate surface area is 209 Å². The summed E-state index contributed by atoms with van der Waals surface area (Å²) in [7, 11) is 0. The molecule has 3 aromatic rings. The van der Waals surface area contributed by atoms with Gasteiger partial charge in [-0.15, -0.1) is 0 Å². The molecule has 1 aliphatic rings. The van der Waals surface area contributed by atoms with E-state index in [1.54, 1.807) is 36.4 Å². The number of anilines is 1. The van der Waals surface area contributed by atoms with Crippen molar-refractivity contribution in [2.45, 2.75) is 44.3 Å². The molecule has 0 bridgehead atoms. The summed E-state index contributed by atoms with van der Waals surface area (Å²) in [4.78, 5) is 28.1. The lowest BCUT2D eigenvalue weighted by atomic mass is 9.90. The lowest BCUT2D eigenvalue weighted by molar-refractivity contribution is 0.0606. The van der Waals surface area contributed by atoms with Crippen LogP contribution < -0.4 is 11.1 Å². The summed E-state index contributed by atoms with van der Waals surface area (Å²) in [6.07, 6.45) is 3.46. The van der Waals surface area contributed by atoms with Gasteiger partial charge in [-0.3, -0.25) is 9.59 Å². The summed E-state index contributed by atoms with van der Waals surface area (Å²) in [6.45, 7) is 0.341. The summed E-state index contributed by atoms with van der Waals surface area (Å²) >= 11 is 12.6. The Bertz CT molecular complexity index is 1160. The average molecular weight is 496 g/mol. The van der Waals surface area contributed by atoms with Crippen molar-refractivity contribution in [2.24, 2.45) is 5.73 Å². The van der Waals surface area contributed by atoms with Crippen LogP contribution in [0.5, 0.6) is 0 Å². The van der Waals surface area contributed by atoms with Crippen molar-refractivity contribution in [3.05, 3.63) is 99.5 Å². The van der Waals surface area contributed by atoms with Gasteiger partial charge in [0.05, 0.1) is 0 Å². The molecule has 0 aliphatic heterocycles. The van der Waals surface area contributed by atoms with E-state index >= 15 is 0 Å². The van der Waals surface area contributed by atoms with Crippen LogP contribution in [0, 0.1) is 0 Å². The summed E-state index contributed by atoms with van der Waals surface area (Å²) in [5.74, 6) is -0.306. The van der Waals surface area contributed by atoms with Gasteiger partial charge in [0.2, 0.25) is 0 Å². The van der Waals surface area contributed by atoms with Crippen LogP contribution >= 0.6 is 23.2 Å². The predicted octanol–water partition coefficient (Wildman–Crippen LogP) is 6.16. The Morgan fingerprint density at radius 3 is 2.29 bits per heavy atom. The third-order valence-corrected chi connectivity index (χ3v) is 6.80. The fraction of sp³-hybridized carbons (Fsp3) is 0.259. The van der Waals surface area contributed by atoms with Crippen molar-refractivity contribution >= 4 is 40.7 Å². The van der Waals surface area contributed by atoms with Crippen LogP contribution in [0.1, 0.15) is 52.0 Å². The largest absolute Gasteiger partial charge is 0.331 e. The number of benzene rings is 3. The highest BCUT2D eigenvalue weighted by atomic mass is 35.5. The van der Waals surface area contributed by atoms with Gasteiger partial charge in [-0.1, -0.05) is 47.5 Å². The van der Waals surface area contributed by atoms with Gasteiger partial charge in [-0.25, -0.2) is 0 Å². The molecule has 1 aliphatic carbocycles. The van der Waals surface area contributed by atoms with Crippen molar-refractivity contribution in [3.8, 4) is 0 Å². The minimum atomic E-state index is -0.269.